The first-order chi connectivity index (χ1) is 5.81. The molecule has 0 aliphatic rings. The standard InChI is InChI=1S/C9H14OS2/c1-3-11-7-5-9(10)6-8-12-4-2/h5-8H,3-4H2,1-2H3. The molecule has 0 unspecified atom stereocenters. The van der Waals surface area contributed by atoms with E-state index in [-0.39, 0.29) is 5.78 Å². The van der Waals surface area contributed by atoms with Crippen LogP contribution in [-0.4, -0.2) is 17.3 Å². The van der Waals surface area contributed by atoms with Crippen LogP contribution in [-0.2, 0) is 4.79 Å². The summed E-state index contributed by atoms with van der Waals surface area (Å²) in [7, 11) is 0. The van der Waals surface area contributed by atoms with E-state index in [0.29, 0.717) is 0 Å². The molecule has 0 atom stereocenters. The van der Waals surface area contributed by atoms with Gasteiger partial charge in [0.25, 0.3) is 0 Å². The van der Waals surface area contributed by atoms with E-state index in [2.05, 4.69) is 13.8 Å². The van der Waals surface area contributed by atoms with Crippen molar-refractivity contribution in [3.8, 4) is 0 Å². The first-order valence-corrected chi connectivity index (χ1v) is 6.01. The Kier molecular flexibility index (Phi) is 8.83. The minimum atomic E-state index is 0.0666. The van der Waals surface area contributed by atoms with Crippen molar-refractivity contribution in [2.24, 2.45) is 0 Å². The molecule has 0 radical (unpaired) electrons. The van der Waals surface area contributed by atoms with E-state index in [1.54, 1.807) is 35.7 Å². The lowest BCUT2D eigenvalue weighted by Gasteiger charge is -1.85. The second kappa shape index (κ2) is 8.94. The zero-order valence-electron chi connectivity index (χ0n) is 7.45. The van der Waals surface area contributed by atoms with Crippen LogP contribution in [0.1, 0.15) is 13.8 Å². The number of hydrogen-bond donors (Lipinski definition) is 0. The highest BCUT2D eigenvalue weighted by Gasteiger charge is 1.86. The maximum atomic E-state index is 11.0. The van der Waals surface area contributed by atoms with Crippen molar-refractivity contribution in [1.29, 1.82) is 0 Å². The molecule has 1 nitrogen and oxygen atoms in total. The second-order valence-corrected chi connectivity index (χ2v) is 4.28. The maximum absolute atomic E-state index is 11.0. The second-order valence-electron chi connectivity index (χ2n) is 1.92. The molecule has 3 heteroatoms. The molecule has 0 amide bonds. The van der Waals surface area contributed by atoms with Crippen molar-refractivity contribution in [3.05, 3.63) is 23.0 Å². The van der Waals surface area contributed by atoms with Crippen LogP contribution in [0.4, 0.5) is 0 Å². The van der Waals surface area contributed by atoms with Crippen molar-refractivity contribution in [2.45, 2.75) is 13.8 Å². The van der Waals surface area contributed by atoms with E-state index in [9.17, 15) is 4.79 Å². The predicted molar refractivity (Wildman–Crippen MR) is 59.6 cm³/mol. The van der Waals surface area contributed by atoms with E-state index in [1.165, 1.54) is 0 Å². The maximum Gasteiger partial charge on any atom is 0.179 e. The molecular weight excluding hydrogens is 188 g/mol. The average molecular weight is 202 g/mol. The highest BCUT2D eigenvalue weighted by Crippen LogP contribution is 2.02. The topological polar surface area (TPSA) is 17.1 Å². The highest BCUT2D eigenvalue weighted by atomic mass is 32.2. The minimum absolute atomic E-state index is 0.0666. The fourth-order valence-corrected chi connectivity index (χ4v) is 1.32. The lowest BCUT2D eigenvalue weighted by molar-refractivity contribution is -0.110. The Morgan fingerprint density at radius 1 is 1.08 bits per heavy atom. The Balaban J connectivity index is 3.58. The Hall–Kier alpha value is -0.150. The Morgan fingerprint density at radius 2 is 1.50 bits per heavy atom. The molecule has 0 saturated carbocycles. The Labute approximate surface area is 82.7 Å². The summed E-state index contributed by atoms with van der Waals surface area (Å²) in [5.41, 5.74) is 0. The molecule has 0 heterocycles. The molecule has 0 aromatic rings. The Morgan fingerprint density at radius 3 is 1.83 bits per heavy atom. The first-order valence-electron chi connectivity index (χ1n) is 3.91. The van der Waals surface area contributed by atoms with Crippen LogP contribution in [0.25, 0.3) is 0 Å². The molecule has 0 saturated heterocycles. The fourth-order valence-electron chi connectivity index (χ4n) is 0.478. The van der Waals surface area contributed by atoms with Gasteiger partial charge in [-0.3, -0.25) is 4.79 Å². The number of thioether (sulfide) groups is 2. The monoisotopic (exact) mass is 202 g/mol. The van der Waals surface area contributed by atoms with Gasteiger partial charge in [-0.05, 0) is 34.5 Å². The van der Waals surface area contributed by atoms with Crippen LogP contribution in [0.2, 0.25) is 0 Å². The van der Waals surface area contributed by atoms with Gasteiger partial charge in [-0.2, -0.15) is 0 Å². The van der Waals surface area contributed by atoms with E-state index >= 15 is 0 Å². The van der Waals surface area contributed by atoms with Crippen LogP contribution in [0.15, 0.2) is 23.0 Å². The number of ketones is 1. The zero-order chi connectivity index (χ0) is 9.23. The molecule has 0 rings (SSSR count). The van der Waals surface area contributed by atoms with E-state index in [1.807, 2.05) is 10.8 Å². The van der Waals surface area contributed by atoms with E-state index in [0.717, 1.165) is 11.5 Å². The summed E-state index contributed by atoms with van der Waals surface area (Å²) in [4.78, 5) is 11.0. The molecule has 0 aromatic heterocycles. The molecule has 0 N–H and O–H groups in total. The molecule has 0 aromatic carbocycles. The third-order valence-electron chi connectivity index (χ3n) is 0.990. The zero-order valence-corrected chi connectivity index (χ0v) is 9.08. The highest BCUT2D eigenvalue weighted by molar-refractivity contribution is 8.02. The molecular formula is C9H14OS2. The summed E-state index contributed by atoms with van der Waals surface area (Å²) < 4.78 is 0. The third kappa shape index (κ3) is 7.95. The smallest absolute Gasteiger partial charge is 0.179 e. The molecule has 0 aliphatic heterocycles. The van der Waals surface area contributed by atoms with Gasteiger partial charge in [-0.15, -0.1) is 23.5 Å². The SMILES string of the molecule is CCSC=CC(=O)C=CSCC. The number of hydrogen-bond acceptors (Lipinski definition) is 3. The molecule has 0 bridgehead atoms. The van der Waals surface area contributed by atoms with Crippen molar-refractivity contribution < 1.29 is 4.79 Å². The van der Waals surface area contributed by atoms with Crippen molar-refractivity contribution in [3.63, 3.8) is 0 Å². The fraction of sp³-hybridized carbons (Fsp3) is 0.444. The molecule has 12 heavy (non-hydrogen) atoms. The van der Waals surface area contributed by atoms with Crippen LogP contribution in [0, 0.1) is 0 Å². The quantitative estimate of drug-likeness (QED) is 0.616. The molecule has 0 spiro atoms. The van der Waals surface area contributed by atoms with Crippen molar-refractivity contribution in [2.75, 3.05) is 11.5 Å². The molecule has 0 fully saturated rings. The third-order valence-corrected chi connectivity index (χ3v) is 2.31. The summed E-state index contributed by atoms with van der Waals surface area (Å²) in [5.74, 6) is 2.09. The van der Waals surface area contributed by atoms with Crippen LogP contribution < -0.4 is 0 Å². The lowest BCUT2D eigenvalue weighted by atomic mass is 10.4. The number of carbonyl (C=O) groups excluding carboxylic acids is 1. The van der Waals surface area contributed by atoms with Gasteiger partial charge in [0.1, 0.15) is 0 Å². The van der Waals surface area contributed by atoms with Gasteiger partial charge in [-0.25, -0.2) is 0 Å². The van der Waals surface area contributed by atoms with E-state index in [4.69, 9.17) is 0 Å². The van der Waals surface area contributed by atoms with Gasteiger partial charge in [0.2, 0.25) is 0 Å². The van der Waals surface area contributed by atoms with Crippen molar-refractivity contribution in [1.82, 2.24) is 0 Å². The summed E-state index contributed by atoms with van der Waals surface area (Å²) in [6, 6.07) is 0. The lowest BCUT2D eigenvalue weighted by Crippen LogP contribution is -1.82. The van der Waals surface area contributed by atoms with Crippen LogP contribution in [0.5, 0.6) is 0 Å². The average Bonchev–Trinajstić information content (AvgIpc) is 2.06. The van der Waals surface area contributed by atoms with Crippen LogP contribution >= 0.6 is 23.5 Å². The molecule has 68 valence electrons. The van der Waals surface area contributed by atoms with Gasteiger partial charge < -0.3 is 0 Å². The van der Waals surface area contributed by atoms with Gasteiger partial charge in [-0.1, -0.05) is 13.8 Å². The summed E-state index contributed by atoms with van der Waals surface area (Å²) in [6.07, 6.45) is 3.20. The number of rotatable bonds is 6. The largest absolute Gasteiger partial charge is 0.290 e. The predicted octanol–water partition coefficient (Wildman–Crippen LogP) is 3.09. The number of allylic oxidation sites excluding steroid dienone is 2. The summed E-state index contributed by atoms with van der Waals surface area (Å²) in [6.45, 7) is 4.12. The van der Waals surface area contributed by atoms with Gasteiger partial charge >= 0.3 is 0 Å². The van der Waals surface area contributed by atoms with E-state index < -0.39 is 0 Å². The van der Waals surface area contributed by atoms with Gasteiger partial charge in [0, 0.05) is 0 Å². The summed E-state index contributed by atoms with van der Waals surface area (Å²) >= 11 is 3.27. The Bertz CT molecular complexity index is 155. The van der Waals surface area contributed by atoms with Crippen molar-refractivity contribution >= 4 is 29.3 Å². The molecule has 0 aliphatic carbocycles. The number of carbonyl (C=O) groups is 1. The van der Waals surface area contributed by atoms with Gasteiger partial charge in [0.05, 0.1) is 0 Å². The first kappa shape index (κ1) is 11.8. The van der Waals surface area contributed by atoms with Crippen LogP contribution in [0.3, 0.4) is 0 Å². The van der Waals surface area contributed by atoms with Gasteiger partial charge in [0.15, 0.2) is 5.78 Å². The normalized spacial score (nSPS) is 11.5. The summed E-state index contributed by atoms with van der Waals surface area (Å²) in [5, 5.41) is 3.67. The minimum Gasteiger partial charge on any atom is -0.290 e.